The van der Waals surface area contributed by atoms with Gasteiger partial charge < -0.3 is 15.4 Å². The van der Waals surface area contributed by atoms with Crippen LogP contribution in [0.2, 0.25) is 4.34 Å². The largest absolute Gasteiger partial charge is 0.444 e. The molecular weight excluding hydrogens is 334 g/mol. The van der Waals surface area contributed by atoms with E-state index in [0.29, 0.717) is 23.3 Å². The highest BCUT2D eigenvalue weighted by Crippen LogP contribution is 2.28. The zero-order chi connectivity index (χ0) is 16.9. The van der Waals surface area contributed by atoms with E-state index in [9.17, 15) is 4.79 Å². The molecule has 1 aliphatic rings. The van der Waals surface area contributed by atoms with Gasteiger partial charge in [0.1, 0.15) is 14.9 Å². The van der Waals surface area contributed by atoms with Crippen LogP contribution in [0.3, 0.4) is 0 Å². The summed E-state index contributed by atoms with van der Waals surface area (Å²) in [6.45, 7) is 6.84. The first kappa shape index (κ1) is 18.5. The molecular formula is C16H26ClN3O2S. The Hall–Kier alpha value is -0.850. The number of alkyl carbamates (subject to hydrolysis) is 1. The van der Waals surface area contributed by atoms with E-state index in [1.165, 1.54) is 37.0 Å². The second-order valence-corrected chi connectivity index (χ2v) is 8.72. The maximum Gasteiger partial charge on any atom is 0.407 e. The van der Waals surface area contributed by atoms with Gasteiger partial charge >= 0.3 is 6.09 Å². The lowest BCUT2D eigenvalue weighted by atomic mass is 9.98. The van der Waals surface area contributed by atoms with Crippen molar-refractivity contribution >= 4 is 29.0 Å². The third kappa shape index (κ3) is 6.65. The molecule has 2 rings (SSSR count). The van der Waals surface area contributed by atoms with Crippen molar-refractivity contribution in [1.29, 1.82) is 0 Å². The molecule has 1 fully saturated rings. The Bertz CT molecular complexity index is 510. The molecule has 1 amide bonds. The van der Waals surface area contributed by atoms with Crippen LogP contribution in [0.4, 0.5) is 4.79 Å². The lowest BCUT2D eigenvalue weighted by Gasteiger charge is -2.26. The Kier molecular flexibility index (Phi) is 6.68. The smallest absolute Gasteiger partial charge is 0.407 e. The molecule has 1 aromatic rings. The van der Waals surface area contributed by atoms with E-state index >= 15 is 0 Å². The molecule has 7 heteroatoms. The maximum atomic E-state index is 11.9. The molecule has 1 atom stereocenters. The van der Waals surface area contributed by atoms with Crippen molar-refractivity contribution in [2.75, 3.05) is 6.54 Å². The molecule has 5 nitrogen and oxygen atoms in total. The van der Waals surface area contributed by atoms with Crippen LogP contribution in [0.15, 0.2) is 6.20 Å². The van der Waals surface area contributed by atoms with Crippen molar-refractivity contribution in [3.8, 4) is 0 Å². The third-order valence-corrected chi connectivity index (χ3v) is 4.99. The number of thiazole rings is 1. The molecule has 2 N–H and O–H groups in total. The van der Waals surface area contributed by atoms with E-state index in [-0.39, 0.29) is 12.1 Å². The molecule has 1 aromatic heterocycles. The standard InChI is InChI=1S/C16H26ClN3O2S/c1-16(2,3)22-15(21)20-8-12(11-6-4-5-7-11)18-10-14-19-9-13(17)23-14/h9,11-12,18H,4-8,10H2,1-3H3,(H,20,21). The Balaban J connectivity index is 1.85. The number of halogens is 1. The quantitative estimate of drug-likeness (QED) is 0.806. The number of aromatic nitrogens is 1. The molecule has 1 heterocycles. The van der Waals surface area contributed by atoms with Crippen molar-refractivity contribution in [3.05, 3.63) is 15.5 Å². The van der Waals surface area contributed by atoms with Crippen LogP contribution in [0.5, 0.6) is 0 Å². The SMILES string of the molecule is CC(C)(C)OC(=O)NCC(NCc1ncc(Cl)s1)C1CCCC1. The number of hydrogen-bond acceptors (Lipinski definition) is 5. The second kappa shape index (κ2) is 8.31. The summed E-state index contributed by atoms with van der Waals surface area (Å²) < 4.78 is 6.01. The number of rotatable bonds is 6. The lowest BCUT2D eigenvalue weighted by molar-refractivity contribution is 0.0518. The zero-order valence-corrected chi connectivity index (χ0v) is 15.6. The molecule has 130 valence electrons. The van der Waals surface area contributed by atoms with Crippen LogP contribution in [0.1, 0.15) is 51.5 Å². The van der Waals surface area contributed by atoms with Gasteiger partial charge in [0.05, 0.1) is 6.20 Å². The van der Waals surface area contributed by atoms with Gasteiger partial charge in [-0.25, -0.2) is 9.78 Å². The van der Waals surface area contributed by atoms with Crippen LogP contribution in [-0.2, 0) is 11.3 Å². The maximum absolute atomic E-state index is 11.9. The van der Waals surface area contributed by atoms with Crippen LogP contribution in [0.25, 0.3) is 0 Å². The predicted molar refractivity (Wildman–Crippen MR) is 93.9 cm³/mol. The fraction of sp³-hybridized carbons (Fsp3) is 0.750. The molecule has 0 aromatic carbocycles. The fourth-order valence-electron chi connectivity index (χ4n) is 2.86. The molecule has 1 unspecified atom stereocenters. The Labute approximate surface area is 147 Å². The summed E-state index contributed by atoms with van der Waals surface area (Å²) in [6, 6.07) is 0.229. The first-order valence-corrected chi connectivity index (χ1v) is 9.33. The highest BCUT2D eigenvalue weighted by Gasteiger charge is 2.26. The number of nitrogens with one attached hydrogen (secondary N) is 2. The van der Waals surface area contributed by atoms with E-state index in [1.807, 2.05) is 20.8 Å². The number of amides is 1. The van der Waals surface area contributed by atoms with Crippen molar-refractivity contribution in [2.45, 2.75) is 64.6 Å². The molecule has 0 bridgehead atoms. The van der Waals surface area contributed by atoms with Gasteiger partial charge in [0, 0.05) is 19.1 Å². The average Bonchev–Trinajstić information content (AvgIpc) is 3.08. The number of nitrogens with zero attached hydrogens (tertiary/aromatic N) is 1. The zero-order valence-electron chi connectivity index (χ0n) is 14.0. The minimum Gasteiger partial charge on any atom is -0.444 e. The van der Waals surface area contributed by atoms with Crippen molar-refractivity contribution in [2.24, 2.45) is 5.92 Å². The van der Waals surface area contributed by atoms with Gasteiger partial charge in [-0.1, -0.05) is 24.4 Å². The summed E-state index contributed by atoms with van der Waals surface area (Å²) in [5.74, 6) is 0.584. The van der Waals surface area contributed by atoms with Gasteiger partial charge in [-0.3, -0.25) is 0 Å². The highest BCUT2D eigenvalue weighted by atomic mass is 35.5. The molecule has 0 aliphatic heterocycles. The van der Waals surface area contributed by atoms with Gasteiger partial charge in [-0.15, -0.1) is 11.3 Å². The first-order chi connectivity index (χ1) is 10.8. The normalized spacial score (nSPS) is 17.2. The van der Waals surface area contributed by atoms with Crippen molar-refractivity contribution in [1.82, 2.24) is 15.6 Å². The Morgan fingerprint density at radius 1 is 1.48 bits per heavy atom. The molecule has 0 spiro atoms. The Morgan fingerprint density at radius 2 is 2.17 bits per heavy atom. The second-order valence-electron chi connectivity index (χ2n) is 6.97. The van der Waals surface area contributed by atoms with Crippen LogP contribution in [0, 0.1) is 5.92 Å². The van der Waals surface area contributed by atoms with Gasteiger partial charge in [0.15, 0.2) is 0 Å². The monoisotopic (exact) mass is 359 g/mol. The van der Waals surface area contributed by atoms with E-state index in [4.69, 9.17) is 16.3 Å². The van der Waals surface area contributed by atoms with Crippen molar-refractivity contribution in [3.63, 3.8) is 0 Å². The number of carbonyl (C=O) groups is 1. The minimum atomic E-state index is -0.474. The molecule has 0 radical (unpaired) electrons. The average molecular weight is 360 g/mol. The van der Waals surface area contributed by atoms with E-state index in [1.54, 1.807) is 6.20 Å². The van der Waals surface area contributed by atoms with E-state index in [0.717, 1.165) is 5.01 Å². The summed E-state index contributed by atoms with van der Waals surface area (Å²) in [5.41, 5.74) is -0.474. The van der Waals surface area contributed by atoms with E-state index < -0.39 is 5.60 Å². The molecule has 1 saturated carbocycles. The topological polar surface area (TPSA) is 63.2 Å². The number of hydrogen-bond donors (Lipinski definition) is 2. The molecule has 23 heavy (non-hydrogen) atoms. The molecule has 0 saturated heterocycles. The summed E-state index contributed by atoms with van der Waals surface area (Å²) in [4.78, 5) is 16.1. The minimum absolute atomic E-state index is 0.229. The fourth-order valence-corrected chi connectivity index (χ4v) is 3.77. The van der Waals surface area contributed by atoms with Gasteiger partial charge in [0.2, 0.25) is 0 Å². The third-order valence-electron chi connectivity index (χ3n) is 3.87. The molecule has 1 aliphatic carbocycles. The lowest BCUT2D eigenvalue weighted by Crippen LogP contribution is -2.45. The first-order valence-electron chi connectivity index (χ1n) is 8.14. The summed E-state index contributed by atoms with van der Waals surface area (Å²) in [6.07, 6.45) is 6.24. The van der Waals surface area contributed by atoms with Crippen LogP contribution in [-0.4, -0.2) is 29.3 Å². The Morgan fingerprint density at radius 3 is 2.74 bits per heavy atom. The van der Waals surface area contributed by atoms with Crippen LogP contribution < -0.4 is 10.6 Å². The van der Waals surface area contributed by atoms with Crippen LogP contribution >= 0.6 is 22.9 Å². The van der Waals surface area contributed by atoms with E-state index in [2.05, 4.69) is 15.6 Å². The van der Waals surface area contributed by atoms with Gasteiger partial charge in [-0.05, 0) is 39.5 Å². The summed E-state index contributed by atoms with van der Waals surface area (Å²) in [7, 11) is 0. The summed E-state index contributed by atoms with van der Waals surface area (Å²) in [5, 5.41) is 7.39. The number of carbonyl (C=O) groups excluding carboxylic acids is 1. The highest BCUT2D eigenvalue weighted by molar-refractivity contribution is 7.15. The number of ether oxygens (including phenoxy) is 1. The van der Waals surface area contributed by atoms with Crippen molar-refractivity contribution < 1.29 is 9.53 Å². The van der Waals surface area contributed by atoms with Gasteiger partial charge in [0.25, 0.3) is 0 Å². The summed E-state index contributed by atoms with van der Waals surface area (Å²) >= 11 is 7.41. The van der Waals surface area contributed by atoms with Gasteiger partial charge in [-0.2, -0.15) is 0 Å². The predicted octanol–water partition coefficient (Wildman–Crippen LogP) is 3.97.